The van der Waals surface area contributed by atoms with Gasteiger partial charge in [-0.2, -0.15) is 5.26 Å². The number of nitrogens with zero attached hydrogens (tertiary/aromatic N) is 2. The number of hydrogen-bond donors (Lipinski definition) is 0. The Morgan fingerprint density at radius 2 is 2.12 bits per heavy atom. The van der Waals surface area contributed by atoms with Gasteiger partial charge in [-0.05, 0) is 51.1 Å². The van der Waals surface area contributed by atoms with Gasteiger partial charge in [-0.3, -0.25) is 0 Å². The van der Waals surface area contributed by atoms with Crippen LogP contribution in [0.15, 0.2) is 39.5 Å². The van der Waals surface area contributed by atoms with Gasteiger partial charge in [-0.1, -0.05) is 6.07 Å². The molecule has 3 rings (SSSR count). The topological polar surface area (TPSA) is 55.1 Å². The smallest absolute Gasteiger partial charge is 0.174 e. The maximum atomic E-state index is 9.56. The van der Waals surface area contributed by atoms with E-state index < -0.39 is 0 Å². The van der Waals surface area contributed by atoms with Gasteiger partial charge in [0.15, 0.2) is 11.5 Å². The van der Waals surface area contributed by atoms with Crippen molar-refractivity contribution in [3.05, 3.63) is 50.1 Å². The first-order valence-corrected chi connectivity index (χ1v) is 9.74. The van der Waals surface area contributed by atoms with Gasteiger partial charge >= 0.3 is 0 Å². The standard InChI is InChI=1S/C18H13BrN2O2S2/c1-22-15-8-11(7-13(19)17(15)23-2)6-12(9-20)18-21-14(10-25-18)16-4-3-5-24-16/h3-8,10H,1-2H3/b12-6-. The summed E-state index contributed by atoms with van der Waals surface area (Å²) in [5.74, 6) is 1.21. The number of thiophene rings is 1. The Morgan fingerprint density at radius 3 is 2.76 bits per heavy atom. The highest BCUT2D eigenvalue weighted by atomic mass is 79.9. The largest absolute Gasteiger partial charge is 0.493 e. The number of allylic oxidation sites excluding steroid dienone is 1. The molecular weight excluding hydrogens is 420 g/mol. The number of aromatic nitrogens is 1. The average molecular weight is 433 g/mol. The molecule has 0 atom stereocenters. The molecule has 1 aromatic carbocycles. The zero-order valence-electron chi connectivity index (χ0n) is 13.4. The maximum absolute atomic E-state index is 9.56. The van der Waals surface area contributed by atoms with Crippen molar-refractivity contribution in [1.82, 2.24) is 4.98 Å². The second-order valence-corrected chi connectivity index (χ2v) is 7.58. The van der Waals surface area contributed by atoms with E-state index in [2.05, 4.69) is 27.0 Å². The van der Waals surface area contributed by atoms with E-state index in [0.717, 1.165) is 20.6 Å². The summed E-state index contributed by atoms with van der Waals surface area (Å²) in [6.07, 6.45) is 1.80. The van der Waals surface area contributed by atoms with Gasteiger partial charge in [-0.15, -0.1) is 22.7 Å². The van der Waals surface area contributed by atoms with Crippen molar-refractivity contribution in [3.63, 3.8) is 0 Å². The fraction of sp³-hybridized carbons (Fsp3) is 0.111. The summed E-state index contributed by atoms with van der Waals surface area (Å²) in [4.78, 5) is 5.68. The number of thiazole rings is 1. The molecule has 25 heavy (non-hydrogen) atoms. The fourth-order valence-corrected chi connectivity index (χ4v) is 4.43. The summed E-state index contributed by atoms with van der Waals surface area (Å²) in [5.41, 5.74) is 2.23. The molecule has 0 aliphatic rings. The Labute approximate surface area is 162 Å². The third kappa shape index (κ3) is 3.76. The number of rotatable bonds is 5. The number of ether oxygens (including phenoxy) is 2. The highest BCUT2D eigenvalue weighted by molar-refractivity contribution is 9.10. The van der Waals surface area contributed by atoms with Gasteiger partial charge in [0, 0.05) is 5.38 Å². The molecule has 0 unspecified atom stereocenters. The van der Waals surface area contributed by atoms with Crippen molar-refractivity contribution in [2.75, 3.05) is 14.2 Å². The molecule has 126 valence electrons. The second kappa shape index (κ2) is 7.83. The molecule has 2 aromatic heterocycles. The van der Waals surface area contributed by atoms with E-state index in [-0.39, 0.29) is 0 Å². The van der Waals surface area contributed by atoms with Crippen LogP contribution in [0, 0.1) is 11.3 Å². The van der Waals surface area contributed by atoms with Crippen LogP contribution in [-0.2, 0) is 0 Å². The molecule has 0 N–H and O–H groups in total. The lowest BCUT2D eigenvalue weighted by atomic mass is 10.1. The molecule has 0 spiro atoms. The lowest BCUT2D eigenvalue weighted by Crippen LogP contribution is -1.92. The Hall–Kier alpha value is -2.14. The van der Waals surface area contributed by atoms with Crippen LogP contribution >= 0.6 is 38.6 Å². The van der Waals surface area contributed by atoms with Gasteiger partial charge < -0.3 is 9.47 Å². The number of hydrogen-bond acceptors (Lipinski definition) is 6. The number of benzene rings is 1. The van der Waals surface area contributed by atoms with Crippen LogP contribution in [-0.4, -0.2) is 19.2 Å². The molecule has 0 saturated heterocycles. The van der Waals surface area contributed by atoms with Crippen LogP contribution in [0.5, 0.6) is 11.5 Å². The molecule has 0 amide bonds. The van der Waals surface area contributed by atoms with Crippen molar-refractivity contribution in [2.45, 2.75) is 0 Å². The third-order valence-electron chi connectivity index (χ3n) is 3.40. The first-order chi connectivity index (χ1) is 12.2. The predicted octanol–water partition coefficient (Wildman–Crippen LogP) is 5.72. The molecule has 0 saturated carbocycles. The van der Waals surface area contributed by atoms with Crippen molar-refractivity contribution in [3.8, 4) is 28.1 Å². The molecule has 0 aliphatic carbocycles. The number of nitriles is 1. The molecule has 0 radical (unpaired) electrons. The molecule has 0 fully saturated rings. The van der Waals surface area contributed by atoms with Crippen molar-refractivity contribution < 1.29 is 9.47 Å². The Bertz CT molecular complexity index is 956. The minimum absolute atomic E-state index is 0.506. The minimum Gasteiger partial charge on any atom is -0.493 e. The number of methoxy groups -OCH3 is 2. The molecule has 0 bridgehead atoms. The first-order valence-electron chi connectivity index (χ1n) is 7.19. The quantitative estimate of drug-likeness (QED) is 0.484. The third-order valence-corrected chi connectivity index (χ3v) is 5.75. The van der Waals surface area contributed by atoms with Gasteiger partial charge in [0.05, 0.1) is 34.8 Å². The predicted molar refractivity (Wildman–Crippen MR) is 106 cm³/mol. The lowest BCUT2D eigenvalue weighted by Gasteiger charge is -2.10. The van der Waals surface area contributed by atoms with E-state index in [9.17, 15) is 5.26 Å². The second-order valence-electron chi connectivity index (χ2n) is 4.92. The summed E-state index contributed by atoms with van der Waals surface area (Å²) in [6, 6.07) is 9.95. The van der Waals surface area contributed by atoms with Gasteiger partial charge in [0.1, 0.15) is 11.1 Å². The Morgan fingerprint density at radius 1 is 1.28 bits per heavy atom. The summed E-state index contributed by atoms with van der Waals surface area (Å²) in [7, 11) is 3.16. The van der Waals surface area contributed by atoms with Crippen molar-refractivity contribution >= 4 is 50.3 Å². The summed E-state index contributed by atoms with van der Waals surface area (Å²) >= 11 is 6.56. The van der Waals surface area contributed by atoms with Crippen LogP contribution in [0.4, 0.5) is 0 Å². The number of halogens is 1. The monoisotopic (exact) mass is 432 g/mol. The molecule has 0 aliphatic heterocycles. The lowest BCUT2D eigenvalue weighted by molar-refractivity contribution is 0.353. The summed E-state index contributed by atoms with van der Waals surface area (Å²) < 4.78 is 11.4. The minimum atomic E-state index is 0.506. The maximum Gasteiger partial charge on any atom is 0.174 e. The zero-order chi connectivity index (χ0) is 17.8. The summed E-state index contributed by atoms with van der Waals surface area (Å²) in [5, 5.41) is 14.2. The SMILES string of the molecule is COc1cc(/C=C(/C#N)c2nc(-c3cccs3)cs2)cc(Br)c1OC. The van der Waals surface area contributed by atoms with E-state index in [1.165, 1.54) is 11.3 Å². The van der Waals surface area contributed by atoms with Crippen LogP contribution in [0.3, 0.4) is 0 Å². The van der Waals surface area contributed by atoms with E-state index in [4.69, 9.17) is 9.47 Å². The highest BCUT2D eigenvalue weighted by Gasteiger charge is 2.13. The van der Waals surface area contributed by atoms with Gasteiger partial charge in [-0.25, -0.2) is 4.98 Å². The normalized spacial score (nSPS) is 11.2. The van der Waals surface area contributed by atoms with E-state index >= 15 is 0 Å². The molecule has 2 heterocycles. The van der Waals surface area contributed by atoms with E-state index in [0.29, 0.717) is 22.1 Å². The van der Waals surface area contributed by atoms with Gasteiger partial charge in [0.25, 0.3) is 0 Å². The van der Waals surface area contributed by atoms with E-state index in [1.54, 1.807) is 31.6 Å². The Kier molecular flexibility index (Phi) is 5.53. The molecule has 7 heteroatoms. The van der Waals surface area contributed by atoms with Crippen LogP contribution in [0.25, 0.3) is 22.2 Å². The molecular formula is C18H13BrN2O2S2. The highest BCUT2D eigenvalue weighted by Crippen LogP contribution is 2.37. The average Bonchev–Trinajstić information content (AvgIpc) is 3.30. The molecule has 3 aromatic rings. The zero-order valence-corrected chi connectivity index (χ0v) is 16.7. The van der Waals surface area contributed by atoms with E-state index in [1.807, 2.05) is 35.0 Å². The van der Waals surface area contributed by atoms with Crippen LogP contribution in [0.1, 0.15) is 10.6 Å². The fourth-order valence-electron chi connectivity index (χ4n) is 2.26. The van der Waals surface area contributed by atoms with Crippen molar-refractivity contribution in [1.29, 1.82) is 5.26 Å². The van der Waals surface area contributed by atoms with Crippen molar-refractivity contribution in [2.24, 2.45) is 0 Å². The Balaban J connectivity index is 1.99. The summed E-state index contributed by atoms with van der Waals surface area (Å²) in [6.45, 7) is 0. The molecule has 4 nitrogen and oxygen atoms in total. The first kappa shape index (κ1) is 17.7. The van der Waals surface area contributed by atoms with Gasteiger partial charge in [0.2, 0.25) is 0 Å². The van der Waals surface area contributed by atoms with Crippen LogP contribution < -0.4 is 9.47 Å². The van der Waals surface area contributed by atoms with Crippen LogP contribution in [0.2, 0.25) is 0 Å².